The largest absolute Gasteiger partial charge is 0.394 e. The predicted molar refractivity (Wildman–Crippen MR) is 206 cm³/mol. The zero-order valence-corrected chi connectivity index (χ0v) is 33.1. The SMILES string of the molecule is CCCCCCCCCCCCCCCCCCCCCCCC(O)C(=O)NC(COC1OC(CO)C(O)C(O)C1O)C(O)C(O)CCCCCC. The van der Waals surface area contributed by atoms with E-state index in [-0.39, 0.29) is 6.42 Å². The van der Waals surface area contributed by atoms with Gasteiger partial charge in [0.15, 0.2) is 6.29 Å². The molecule has 0 bridgehead atoms. The maximum Gasteiger partial charge on any atom is 0.249 e. The second kappa shape index (κ2) is 32.4. The fourth-order valence-electron chi connectivity index (χ4n) is 7.03. The second-order valence-electron chi connectivity index (χ2n) is 15.4. The van der Waals surface area contributed by atoms with Crippen LogP contribution >= 0.6 is 0 Å². The van der Waals surface area contributed by atoms with E-state index in [0.29, 0.717) is 19.3 Å². The van der Waals surface area contributed by atoms with Crippen molar-refractivity contribution in [3.05, 3.63) is 0 Å². The first-order chi connectivity index (χ1) is 25.2. The van der Waals surface area contributed by atoms with E-state index >= 15 is 0 Å². The van der Waals surface area contributed by atoms with Gasteiger partial charge in [0.2, 0.25) is 5.91 Å². The summed E-state index contributed by atoms with van der Waals surface area (Å²) in [5.41, 5.74) is 0. The van der Waals surface area contributed by atoms with Crippen LogP contribution in [0.1, 0.15) is 187 Å². The van der Waals surface area contributed by atoms with Gasteiger partial charge in [-0.3, -0.25) is 4.79 Å². The highest BCUT2D eigenvalue weighted by molar-refractivity contribution is 5.80. The third-order valence-corrected chi connectivity index (χ3v) is 10.7. The molecule has 1 amide bonds. The normalized spacial score (nSPS) is 23.0. The van der Waals surface area contributed by atoms with Gasteiger partial charge in [0.25, 0.3) is 0 Å². The van der Waals surface area contributed by atoms with Crippen LogP contribution in [0.3, 0.4) is 0 Å². The molecule has 0 aromatic rings. The zero-order valence-electron chi connectivity index (χ0n) is 33.1. The average molecular weight is 748 g/mol. The molecule has 0 spiro atoms. The Morgan fingerprint density at radius 3 is 1.44 bits per heavy atom. The Morgan fingerprint density at radius 1 is 0.596 bits per heavy atom. The van der Waals surface area contributed by atoms with Crippen molar-refractivity contribution in [2.24, 2.45) is 0 Å². The molecule has 1 heterocycles. The first-order valence-corrected chi connectivity index (χ1v) is 21.4. The van der Waals surface area contributed by atoms with Crippen molar-refractivity contribution in [3.63, 3.8) is 0 Å². The second-order valence-corrected chi connectivity index (χ2v) is 15.4. The number of aliphatic hydroxyl groups is 7. The first-order valence-electron chi connectivity index (χ1n) is 21.4. The number of rotatable bonds is 35. The summed E-state index contributed by atoms with van der Waals surface area (Å²) < 4.78 is 11.0. The molecule has 0 aliphatic carbocycles. The molecule has 11 nitrogen and oxygen atoms in total. The molecule has 1 rings (SSSR count). The van der Waals surface area contributed by atoms with E-state index in [9.17, 15) is 40.5 Å². The highest BCUT2D eigenvalue weighted by Crippen LogP contribution is 2.23. The van der Waals surface area contributed by atoms with Crippen molar-refractivity contribution in [1.29, 1.82) is 0 Å². The van der Waals surface area contributed by atoms with Crippen LogP contribution in [0.25, 0.3) is 0 Å². The summed E-state index contributed by atoms with van der Waals surface area (Å²) in [5.74, 6) is -0.701. The van der Waals surface area contributed by atoms with Crippen LogP contribution in [0.4, 0.5) is 0 Å². The predicted octanol–water partition coefficient (Wildman–Crippen LogP) is 5.94. The van der Waals surface area contributed by atoms with E-state index in [1.54, 1.807) is 0 Å². The molecule has 9 unspecified atom stereocenters. The molecule has 52 heavy (non-hydrogen) atoms. The number of hydrogen-bond acceptors (Lipinski definition) is 10. The molecule has 0 aromatic heterocycles. The van der Waals surface area contributed by atoms with E-state index in [2.05, 4.69) is 19.2 Å². The topological polar surface area (TPSA) is 189 Å². The van der Waals surface area contributed by atoms with Crippen molar-refractivity contribution in [3.8, 4) is 0 Å². The van der Waals surface area contributed by atoms with Gasteiger partial charge in [-0.15, -0.1) is 0 Å². The average Bonchev–Trinajstić information content (AvgIpc) is 3.14. The van der Waals surface area contributed by atoms with Crippen molar-refractivity contribution in [2.45, 2.75) is 242 Å². The van der Waals surface area contributed by atoms with Gasteiger partial charge in [-0.1, -0.05) is 174 Å². The lowest BCUT2D eigenvalue weighted by Gasteiger charge is -2.40. The number of nitrogens with one attached hydrogen (secondary N) is 1. The quantitative estimate of drug-likeness (QED) is 0.0360. The summed E-state index contributed by atoms with van der Waals surface area (Å²) in [7, 11) is 0. The lowest BCUT2D eigenvalue weighted by atomic mass is 9.98. The number of ether oxygens (including phenoxy) is 2. The summed E-state index contributed by atoms with van der Waals surface area (Å²) in [6, 6.07) is -1.16. The minimum absolute atomic E-state index is 0.265. The van der Waals surface area contributed by atoms with Crippen molar-refractivity contribution >= 4 is 5.91 Å². The third-order valence-electron chi connectivity index (χ3n) is 10.7. The van der Waals surface area contributed by atoms with Crippen molar-refractivity contribution in [1.82, 2.24) is 5.32 Å². The number of amides is 1. The molecular formula is C41H81NO10. The highest BCUT2D eigenvalue weighted by Gasteiger charge is 2.44. The highest BCUT2D eigenvalue weighted by atomic mass is 16.7. The van der Waals surface area contributed by atoms with Crippen LogP contribution in [-0.4, -0.2) is 110 Å². The van der Waals surface area contributed by atoms with E-state index in [4.69, 9.17) is 9.47 Å². The molecule has 310 valence electrons. The number of hydrogen-bond donors (Lipinski definition) is 8. The lowest BCUT2D eigenvalue weighted by Crippen LogP contribution is -2.60. The molecule has 0 aromatic carbocycles. The van der Waals surface area contributed by atoms with E-state index in [1.807, 2.05) is 0 Å². The molecule has 8 N–H and O–H groups in total. The number of carbonyl (C=O) groups is 1. The van der Waals surface area contributed by atoms with Crippen molar-refractivity contribution < 1.29 is 50.0 Å². The monoisotopic (exact) mass is 748 g/mol. The smallest absolute Gasteiger partial charge is 0.249 e. The Morgan fingerprint density at radius 2 is 1.00 bits per heavy atom. The minimum atomic E-state index is -1.65. The van der Waals surface area contributed by atoms with E-state index in [1.165, 1.54) is 109 Å². The van der Waals surface area contributed by atoms with Crippen LogP contribution in [-0.2, 0) is 14.3 Å². The number of unbranched alkanes of at least 4 members (excludes halogenated alkanes) is 23. The van der Waals surface area contributed by atoms with Crippen LogP contribution in [0, 0.1) is 0 Å². The minimum Gasteiger partial charge on any atom is -0.394 e. The molecule has 1 aliphatic rings. The van der Waals surface area contributed by atoms with Crippen LogP contribution in [0.5, 0.6) is 0 Å². The Labute approximate surface area is 316 Å². The van der Waals surface area contributed by atoms with E-state index < -0.39 is 74.2 Å². The van der Waals surface area contributed by atoms with Gasteiger partial charge in [-0.2, -0.15) is 0 Å². The van der Waals surface area contributed by atoms with Gasteiger partial charge in [0.05, 0.1) is 25.4 Å². The summed E-state index contributed by atoms with van der Waals surface area (Å²) >= 11 is 0. The van der Waals surface area contributed by atoms with Crippen LogP contribution in [0.15, 0.2) is 0 Å². The molecule has 1 fully saturated rings. The lowest BCUT2D eigenvalue weighted by molar-refractivity contribution is -0.303. The van der Waals surface area contributed by atoms with Crippen LogP contribution in [0.2, 0.25) is 0 Å². The third kappa shape index (κ3) is 22.5. The summed E-state index contributed by atoms with van der Waals surface area (Å²) in [6.07, 6.45) is 19.6. The van der Waals surface area contributed by atoms with Gasteiger partial charge < -0.3 is 50.5 Å². The molecule has 0 saturated carbocycles. The Bertz CT molecular complexity index is 820. The summed E-state index contributed by atoms with van der Waals surface area (Å²) in [5, 5.41) is 74.7. The summed E-state index contributed by atoms with van der Waals surface area (Å²) in [4.78, 5) is 12.9. The maximum atomic E-state index is 12.9. The molecule has 9 atom stereocenters. The Kier molecular flexibility index (Phi) is 30.6. The molecule has 0 radical (unpaired) electrons. The molecule has 1 aliphatic heterocycles. The number of aliphatic hydroxyl groups excluding tert-OH is 7. The maximum absolute atomic E-state index is 12.9. The zero-order chi connectivity index (χ0) is 38.4. The van der Waals surface area contributed by atoms with Gasteiger partial charge in [0.1, 0.15) is 36.6 Å². The first kappa shape index (κ1) is 49.1. The molecular weight excluding hydrogens is 666 g/mol. The van der Waals surface area contributed by atoms with Gasteiger partial charge in [-0.05, 0) is 12.8 Å². The number of carbonyl (C=O) groups excluding carboxylic acids is 1. The molecule has 1 saturated heterocycles. The van der Waals surface area contributed by atoms with Gasteiger partial charge in [0, 0.05) is 0 Å². The summed E-state index contributed by atoms with van der Waals surface area (Å²) in [6.45, 7) is 3.29. The van der Waals surface area contributed by atoms with Crippen LogP contribution < -0.4 is 5.32 Å². The van der Waals surface area contributed by atoms with Gasteiger partial charge >= 0.3 is 0 Å². The Hall–Kier alpha value is -0.890. The fourth-order valence-corrected chi connectivity index (χ4v) is 7.03. The Balaban J connectivity index is 2.27. The van der Waals surface area contributed by atoms with Crippen molar-refractivity contribution in [2.75, 3.05) is 13.2 Å². The molecule has 11 heteroatoms. The van der Waals surface area contributed by atoms with E-state index in [0.717, 1.165) is 38.5 Å². The van der Waals surface area contributed by atoms with Gasteiger partial charge in [-0.25, -0.2) is 0 Å². The standard InChI is InChI=1S/C41H81NO10/c1-3-5-7-9-10-11-12-13-14-15-16-17-18-19-20-21-22-23-24-25-27-29-34(45)40(50)42-32(36(46)33(44)28-26-8-6-4-2)31-51-41-39(49)38(48)37(47)35(30-43)52-41/h32-39,41,43-49H,3-31H2,1-2H3,(H,42,50). The fraction of sp³-hybridized carbons (Fsp3) is 0.976.